The Morgan fingerprint density at radius 1 is 1.28 bits per heavy atom. The van der Waals surface area contributed by atoms with Crippen molar-refractivity contribution in [2.24, 2.45) is 4.99 Å². The zero-order valence-electron chi connectivity index (χ0n) is 16.4. The average molecular weight is 392 g/mol. The van der Waals surface area contributed by atoms with Gasteiger partial charge >= 0.3 is 0 Å². The highest BCUT2D eigenvalue weighted by atomic mass is 16.3. The predicted molar refractivity (Wildman–Crippen MR) is 109 cm³/mol. The number of ketones is 1. The van der Waals surface area contributed by atoms with Gasteiger partial charge in [0.05, 0.1) is 24.4 Å². The van der Waals surface area contributed by atoms with Gasteiger partial charge in [0, 0.05) is 38.4 Å². The Balaban J connectivity index is 1.52. The molecule has 0 saturated heterocycles. The first-order valence-corrected chi connectivity index (χ1v) is 9.88. The van der Waals surface area contributed by atoms with Gasteiger partial charge < -0.3 is 14.4 Å². The van der Waals surface area contributed by atoms with Crippen molar-refractivity contribution in [2.75, 3.05) is 13.1 Å². The van der Waals surface area contributed by atoms with Gasteiger partial charge in [-0.05, 0) is 29.7 Å². The molecule has 6 nitrogen and oxygen atoms in total. The summed E-state index contributed by atoms with van der Waals surface area (Å²) < 4.78 is 5.38. The number of benzene rings is 1. The number of hydrogen-bond donors (Lipinski definition) is 1. The molecule has 0 saturated carbocycles. The summed E-state index contributed by atoms with van der Waals surface area (Å²) in [7, 11) is 0. The molecule has 150 valence electrons. The molecular formula is C23H24N2O4. The number of rotatable bonds is 4. The number of allylic oxidation sites excluding steroid dienone is 2. The molecule has 0 fully saturated rings. The van der Waals surface area contributed by atoms with Crippen molar-refractivity contribution in [1.29, 1.82) is 0 Å². The van der Waals surface area contributed by atoms with Gasteiger partial charge in [0.25, 0.3) is 0 Å². The zero-order valence-corrected chi connectivity index (χ0v) is 16.4. The van der Waals surface area contributed by atoms with Gasteiger partial charge in [0.2, 0.25) is 5.91 Å². The summed E-state index contributed by atoms with van der Waals surface area (Å²) in [5, 5.41) is 10.4. The van der Waals surface area contributed by atoms with E-state index in [1.807, 2.05) is 29.2 Å². The summed E-state index contributed by atoms with van der Waals surface area (Å²) in [5.74, 6) is 0.465. The molecule has 2 heterocycles. The molecule has 0 spiro atoms. The fraction of sp³-hybridized carbons (Fsp3) is 0.348. The number of Topliss-reactive ketones (excluding diaryl/α,β-unsaturated/α-hetero) is 1. The van der Waals surface area contributed by atoms with E-state index < -0.39 is 0 Å². The average Bonchev–Trinajstić information content (AvgIpc) is 3.24. The molecule has 2 aliphatic rings. The number of aliphatic imine (C=N–C) groups is 1. The highest BCUT2D eigenvalue weighted by molar-refractivity contribution is 6.14. The molecule has 2 atom stereocenters. The number of amides is 1. The maximum atomic E-state index is 12.5. The fourth-order valence-electron chi connectivity index (χ4n) is 4.25. The molecule has 1 unspecified atom stereocenters. The van der Waals surface area contributed by atoms with Crippen LogP contribution < -0.4 is 0 Å². The first-order valence-electron chi connectivity index (χ1n) is 9.88. The quantitative estimate of drug-likeness (QED) is 0.803. The van der Waals surface area contributed by atoms with Crippen molar-refractivity contribution in [2.45, 2.75) is 38.1 Å². The lowest BCUT2D eigenvalue weighted by Crippen LogP contribution is -2.40. The van der Waals surface area contributed by atoms with Gasteiger partial charge in [-0.3, -0.25) is 14.6 Å². The highest BCUT2D eigenvalue weighted by Crippen LogP contribution is 2.34. The monoisotopic (exact) mass is 392 g/mol. The van der Waals surface area contributed by atoms with E-state index in [1.54, 1.807) is 19.3 Å². The third kappa shape index (κ3) is 3.88. The van der Waals surface area contributed by atoms with Crippen LogP contribution in [-0.2, 0) is 16.0 Å². The van der Waals surface area contributed by atoms with E-state index in [9.17, 15) is 14.7 Å². The number of aliphatic hydroxyl groups is 1. The van der Waals surface area contributed by atoms with Crippen LogP contribution in [0.2, 0.25) is 0 Å². The van der Waals surface area contributed by atoms with Crippen molar-refractivity contribution in [3.63, 3.8) is 0 Å². The molecule has 1 amide bonds. The molecule has 1 aromatic heterocycles. The van der Waals surface area contributed by atoms with Crippen molar-refractivity contribution in [3.8, 4) is 0 Å². The Kier molecular flexibility index (Phi) is 5.34. The summed E-state index contributed by atoms with van der Waals surface area (Å²) in [5.41, 5.74) is 2.57. The van der Waals surface area contributed by atoms with Crippen molar-refractivity contribution >= 4 is 17.9 Å². The first kappa shape index (κ1) is 19.2. The lowest BCUT2D eigenvalue weighted by atomic mass is 9.86. The van der Waals surface area contributed by atoms with Gasteiger partial charge in [0.1, 0.15) is 11.5 Å². The minimum atomic E-state index is -0.161. The van der Waals surface area contributed by atoms with Gasteiger partial charge in [0.15, 0.2) is 5.78 Å². The molecule has 6 heteroatoms. The number of nitrogens with zero attached hydrogens (tertiary/aromatic N) is 2. The van der Waals surface area contributed by atoms with Crippen molar-refractivity contribution < 1.29 is 19.1 Å². The lowest BCUT2D eigenvalue weighted by Gasteiger charge is -2.36. The van der Waals surface area contributed by atoms with Crippen LogP contribution in [-0.4, -0.2) is 41.0 Å². The Labute approximate surface area is 169 Å². The number of carbonyl (C=O) groups is 2. The molecule has 1 aromatic carbocycles. The van der Waals surface area contributed by atoms with E-state index in [2.05, 4.69) is 11.1 Å². The van der Waals surface area contributed by atoms with Gasteiger partial charge in [-0.1, -0.05) is 24.3 Å². The molecule has 2 aromatic rings. The number of carbonyl (C=O) groups excluding carboxylic acids is 2. The number of furan rings is 1. The molecule has 1 N–H and O–H groups in total. The van der Waals surface area contributed by atoms with Gasteiger partial charge in [-0.25, -0.2) is 0 Å². The topological polar surface area (TPSA) is 83.1 Å². The SMILES string of the molecule is CC(=O)N1CCc2ccccc2[C@H]1CN=CC1=C(O)CC(c2ccco2)CC1=O. The maximum Gasteiger partial charge on any atom is 0.220 e. The predicted octanol–water partition coefficient (Wildman–Crippen LogP) is 3.75. The second-order valence-corrected chi connectivity index (χ2v) is 7.58. The smallest absolute Gasteiger partial charge is 0.220 e. The molecule has 4 rings (SSSR count). The minimum Gasteiger partial charge on any atom is -0.511 e. The Morgan fingerprint density at radius 3 is 2.83 bits per heavy atom. The fourth-order valence-corrected chi connectivity index (χ4v) is 4.25. The van der Waals surface area contributed by atoms with Crippen LogP contribution in [0.15, 0.2) is 63.4 Å². The van der Waals surface area contributed by atoms with Crippen LogP contribution in [0, 0.1) is 0 Å². The second-order valence-electron chi connectivity index (χ2n) is 7.58. The number of hydrogen-bond acceptors (Lipinski definition) is 5. The van der Waals surface area contributed by atoms with Gasteiger partial charge in [-0.15, -0.1) is 0 Å². The van der Waals surface area contributed by atoms with E-state index >= 15 is 0 Å². The normalized spacial score (nSPS) is 22.2. The molecule has 1 aliphatic heterocycles. The van der Waals surface area contributed by atoms with Gasteiger partial charge in [-0.2, -0.15) is 0 Å². The molecule has 0 bridgehead atoms. The van der Waals surface area contributed by atoms with Crippen LogP contribution in [0.4, 0.5) is 0 Å². The molecule has 0 radical (unpaired) electrons. The largest absolute Gasteiger partial charge is 0.511 e. The van der Waals surface area contributed by atoms with Crippen LogP contribution in [0.5, 0.6) is 0 Å². The van der Waals surface area contributed by atoms with E-state index in [-0.39, 0.29) is 41.4 Å². The van der Waals surface area contributed by atoms with Crippen molar-refractivity contribution in [3.05, 3.63) is 70.9 Å². The Bertz CT molecular complexity index is 975. The van der Waals surface area contributed by atoms with Crippen LogP contribution in [0.1, 0.15) is 48.6 Å². The Morgan fingerprint density at radius 2 is 2.10 bits per heavy atom. The van der Waals surface area contributed by atoms with E-state index in [0.29, 0.717) is 25.3 Å². The summed E-state index contributed by atoms with van der Waals surface area (Å²) in [6, 6.07) is 11.5. The highest BCUT2D eigenvalue weighted by Gasteiger charge is 2.30. The summed E-state index contributed by atoms with van der Waals surface area (Å²) >= 11 is 0. The van der Waals surface area contributed by atoms with E-state index in [4.69, 9.17) is 4.42 Å². The van der Waals surface area contributed by atoms with E-state index in [1.165, 1.54) is 11.8 Å². The first-order chi connectivity index (χ1) is 14.0. The van der Waals surface area contributed by atoms with E-state index in [0.717, 1.165) is 12.0 Å². The van der Waals surface area contributed by atoms with Crippen molar-refractivity contribution in [1.82, 2.24) is 4.90 Å². The standard InChI is InChI=1S/C23H24N2O4/c1-15(26)25-9-8-16-5-2-3-6-18(16)20(25)14-24-13-19-21(27)11-17(12-22(19)28)23-7-4-10-29-23/h2-7,10,13,17,20,27H,8-9,11-12,14H2,1H3/t17?,20-/m1/s1. The second kappa shape index (κ2) is 8.07. The molecule has 1 aliphatic carbocycles. The third-order valence-corrected chi connectivity index (χ3v) is 5.74. The summed E-state index contributed by atoms with van der Waals surface area (Å²) in [6.45, 7) is 2.57. The third-order valence-electron chi connectivity index (χ3n) is 5.74. The maximum absolute atomic E-state index is 12.5. The van der Waals surface area contributed by atoms with Crippen LogP contribution in [0.3, 0.4) is 0 Å². The molecular weight excluding hydrogens is 368 g/mol. The molecule has 29 heavy (non-hydrogen) atoms. The minimum absolute atomic E-state index is 0.0109. The number of fused-ring (bicyclic) bond motifs is 1. The summed E-state index contributed by atoms with van der Waals surface area (Å²) in [4.78, 5) is 30.9. The Hall–Kier alpha value is -3.15. The zero-order chi connectivity index (χ0) is 20.4. The summed E-state index contributed by atoms with van der Waals surface area (Å²) in [6.07, 6.45) is 4.50. The van der Waals surface area contributed by atoms with Crippen LogP contribution >= 0.6 is 0 Å². The number of aliphatic hydroxyl groups excluding tert-OH is 1. The lowest BCUT2D eigenvalue weighted by molar-refractivity contribution is -0.131. The van der Waals surface area contributed by atoms with Crippen LogP contribution in [0.25, 0.3) is 0 Å².